The molecular weight excluding hydrogens is 306 g/mol. The molecule has 1 unspecified atom stereocenters. The summed E-state index contributed by atoms with van der Waals surface area (Å²) in [6.07, 6.45) is 3.37. The fraction of sp³-hybridized carbons (Fsp3) is 0.286. The van der Waals surface area contributed by atoms with Crippen molar-refractivity contribution in [1.29, 1.82) is 0 Å². The molecule has 2 aromatic rings. The number of carboxylic acid groups (broad SMARTS) is 1. The van der Waals surface area contributed by atoms with Crippen molar-refractivity contribution < 1.29 is 19.8 Å². The molecule has 1 atom stereocenters. The van der Waals surface area contributed by atoms with Crippen molar-refractivity contribution in [3.05, 3.63) is 35.6 Å². The first-order chi connectivity index (χ1) is 10.4. The summed E-state index contributed by atoms with van der Waals surface area (Å²) < 4.78 is 0. The Morgan fingerprint density at radius 2 is 2.23 bits per heavy atom. The molecule has 0 saturated heterocycles. The van der Waals surface area contributed by atoms with Crippen molar-refractivity contribution in [3.63, 3.8) is 0 Å². The van der Waals surface area contributed by atoms with Gasteiger partial charge in [-0.25, -0.2) is 9.78 Å². The third-order valence-electron chi connectivity index (χ3n) is 2.89. The second-order valence-electron chi connectivity index (χ2n) is 4.92. The molecule has 2 aromatic heterocycles. The number of nitrogens with one attached hydrogen (secondary N) is 1. The smallest absolute Gasteiger partial charge is 0.337 e. The van der Waals surface area contributed by atoms with Gasteiger partial charge in [-0.15, -0.1) is 11.3 Å². The van der Waals surface area contributed by atoms with E-state index in [2.05, 4.69) is 15.3 Å². The van der Waals surface area contributed by atoms with Crippen LogP contribution in [0.5, 0.6) is 0 Å². The van der Waals surface area contributed by atoms with Crippen LogP contribution in [-0.4, -0.2) is 44.2 Å². The normalized spacial score (nSPS) is 13.4. The summed E-state index contributed by atoms with van der Waals surface area (Å²) in [5, 5.41) is 23.2. The largest absolute Gasteiger partial charge is 0.479 e. The van der Waals surface area contributed by atoms with E-state index < -0.39 is 17.5 Å². The first kappa shape index (κ1) is 16.1. The van der Waals surface area contributed by atoms with E-state index in [1.807, 2.05) is 6.07 Å². The summed E-state index contributed by atoms with van der Waals surface area (Å²) in [5.74, 6) is -1.79. The Hall–Kier alpha value is -2.32. The van der Waals surface area contributed by atoms with Gasteiger partial charge in [-0.1, -0.05) is 0 Å². The highest BCUT2D eigenvalue weighted by atomic mass is 32.1. The van der Waals surface area contributed by atoms with E-state index in [0.717, 1.165) is 17.5 Å². The number of pyridine rings is 1. The Labute approximate surface area is 130 Å². The van der Waals surface area contributed by atoms with Crippen LogP contribution in [0.15, 0.2) is 29.9 Å². The van der Waals surface area contributed by atoms with Crippen LogP contribution in [0.25, 0.3) is 10.6 Å². The number of aromatic nitrogens is 2. The van der Waals surface area contributed by atoms with Gasteiger partial charge in [0, 0.05) is 23.3 Å². The third-order valence-corrected chi connectivity index (χ3v) is 3.83. The zero-order chi connectivity index (χ0) is 16.2. The number of amides is 1. The number of hydrogen-bond donors (Lipinski definition) is 3. The number of nitrogens with zero attached hydrogens (tertiary/aromatic N) is 2. The summed E-state index contributed by atoms with van der Waals surface area (Å²) in [5.41, 5.74) is -0.539. The minimum Gasteiger partial charge on any atom is -0.479 e. The molecule has 0 aliphatic rings. The van der Waals surface area contributed by atoms with Crippen LogP contribution >= 0.6 is 11.3 Å². The van der Waals surface area contributed by atoms with Gasteiger partial charge in [-0.3, -0.25) is 9.78 Å². The molecule has 0 aliphatic carbocycles. The number of aliphatic hydroxyl groups is 1. The van der Waals surface area contributed by atoms with Crippen molar-refractivity contribution in [2.45, 2.75) is 18.9 Å². The maximum absolute atomic E-state index is 11.8. The number of thiazole rings is 1. The summed E-state index contributed by atoms with van der Waals surface area (Å²) in [6, 6.07) is 3.68. The van der Waals surface area contributed by atoms with Gasteiger partial charge >= 0.3 is 5.97 Å². The Bertz CT molecular complexity index is 670. The van der Waals surface area contributed by atoms with Gasteiger partial charge in [0.15, 0.2) is 5.60 Å². The van der Waals surface area contributed by atoms with Crippen LogP contribution in [0.2, 0.25) is 0 Å². The van der Waals surface area contributed by atoms with E-state index in [1.54, 1.807) is 23.8 Å². The lowest BCUT2D eigenvalue weighted by molar-refractivity contribution is -0.156. The molecule has 0 spiro atoms. The first-order valence-corrected chi connectivity index (χ1v) is 7.34. The average molecular weight is 321 g/mol. The zero-order valence-corrected chi connectivity index (χ0v) is 12.6. The van der Waals surface area contributed by atoms with Crippen molar-refractivity contribution in [1.82, 2.24) is 15.3 Å². The van der Waals surface area contributed by atoms with Crippen LogP contribution in [0.3, 0.4) is 0 Å². The fourth-order valence-electron chi connectivity index (χ4n) is 1.58. The minimum atomic E-state index is -1.99. The number of carbonyl (C=O) groups is 2. The number of rotatable bonds is 6. The Balaban J connectivity index is 1.93. The van der Waals surface area contributed by atoms with Crippen LogP contribution in [0.1, 0.15) is 12.6 Å². The monoisotopic (exact) mass is 321 g/mol. The Kier molecular flexibility index (Phi) is 4.84. The lowest BCUT2D eigenvalue weighted by Gasteiger charge is -2.17. The second kappa shape index (κ2) is 6.63. The second-order valence-corrected chi connectivity index (χ2v) is 5.78. The zero-order valence-electron chi connectivity index (χ0n) is 11.8. The quantitative estimate of drug-likeness (QED) is 0.722. The van der Waals surface area contributed by atoms with Crippen LogP contribution in [-0.2, 0) is 16.0 Å². The molecule has 0 saturated carbocycles. The molecule has 0 bridgehead atoms. The summed E-state index contributed by atoms with van der Waals surface area (Å²) in [7, 11) is 0. The third kappa shape index (κ3) is 4.09. The molecular formula is C14H15N3O4S. The molecule has 116 valence electrons. The topological polar surface area (TPSA) is 112 Å². The van der Waals surface area contributed by atoms with Crippen molar-refractivity contribution >= 4 is 23.2 Å². The van der Waals surface area contributed by atoms with Crippen molar-refractivity contribution in [3.8, 4) is 10.6 Å². The Morgan fingerprint density at radius 3 is 2.86 bits per heavy atom. The first-order valence-electron chi connectivity index (χ1n) is 6.46. The van der Waals surface area contributed by atoms with E-state index in [0.29, 0.717) is 5.69 Å². The molecule has 8 heteroatoms. The van der Waals surface area contributed by atoms with Crippen LogP contribution < -0.4 is 5.32 Å². The maximum Gasteiger partial charge on any atom is 0.337 e. The molecule has 2 heterocycles. The SMILES string of the molecule is CC(O)(CNC(=O)Cc1csc(-c2cccnc2)n1)C(=O)O. The van der Waals surface area contributed by atoms with Gasteiger partial charge in [0.1, 0.15) is 5.01 Å². The molecule has 0 fully saturated rings. The van der Waals surface area contributed by atoms with E-state index in [-0.39, 0.29) is 13.0 Å². The molecule has 0 aromatic carbocycles. The summed E-state index contributed by atoms with van der Waals surface area (Å²) in [4.78, 5) is 30.8. The van der Waals surface area contributed by atoms with E-state index in [1.165, 1.54) is 11.3 Å². The molecule has 7 nitrogen and oxygen atoms in total. The van der Waals surface area contributed by atoms with Crippen LogP contribution in [0.4, 0.5) is 0 Å². The molecule has 22 heavy (non-hydrogen) atoms. The number of carbonyl (C=O) groups excluding carboxylic acids is 1. The number of hydrogen-bond acceptors (Lipinski definition) is 6. The molecule has 2 rings (SSSR count). The van der Waals surface area contributed by atoms with E-state index >= 15 is 0 Å². The van der Waals surface area contributed by atoms with E-state index in [4.69, 9.17) is 5.11 Å². The van der Waals surface area contributed by atoms with Gasteiger partial charge in [0.2, 0.25) is 5.91 Å². The van der Waals surface area contributed by atoms with E-state index in [9.17, 15) is 14.7 Å². The highest BCUT2D eigenvalue weighted by Gasteiger charge is 2.30. The van der Waals surface area contributed by atoms with Gasteiger partial charge < -0.3 is 15.5 Å². The summed E-state index contributed by atoms with van der Waals surface area (Å²) >= 11 is 1.40. The fourth-order valence-corrected chi connectivity index (χ4v) is 2.39. The number of aliphatic carboxylic acids is 1. The predicted molar refractivity (Wildman–Crippen MR) is 80.3 cm³/mol. The average Bonchev–Trinajstić information content (AvgIpc) is 2.94. The number of carboxylic acids is 1. The highest BCUT2D eigenvalue weighted by Crippen LogP contribution is 2.22. The van der Waals surface area contributed by atoms with Gasteiger partial charge in [0.25, 0.3) is 0 Å². The highest BCUT2D eigenvalue weighted by molar-refractivity contribution is 7.13. The molecule has 0 aliphatic heterocycles. The van der Waals surface area contributed by atoms with Gasteiger partial charge in [-0.2, -0.15) is 0 Å². The van der Waals surface area contributed by atoms with Gasteiger partial charge in [0.05, 0.1) is 18.7 Å². The minimum absolute atomic E-state index is 0.0203. The Morgan fingerprint density at radius 1 is 1.45 bits per heavy atom. The van der Waals surface area contributed by atoms with Gasteiger partial charge in [-0.05, 0) is 19.1 Å². The summed E-state index contributed by atoms with van der Waals surface area (Å²) in [6.45, 7) is 0.764. The lowest BCUT2D eigenvalue weighted by atomic mass is 10.1. The standard InChI is InChI=1S/C14H15N3O4S/c1-14(21,13(19)20)8-16-11(18)5-10-7-22-12(17-10)9-3-2-4-15-6-9/h2-4,6-7,21H,5,8H2,1H3,(H,16,18)(H,19,20). The lowest BCUT2D eigenvalue weighted by Crippen LogP contribution is -2.46. The van der Waals surface area contributed by atoms with Crippen LogP contribution in [0, 0.1) is 0 Å². The van der Waals surface area contributed by atoms with Crippen molar-refractivity contribution in [2.24, 2.45) is 0 Å². The maximum atomic E-state index is 11.8. The molecule has 3 N–H and O–H groups in total. The molecule has 1 amide bonds. The molecule has 0 radical (unpaired) electrons. The predicted octanol–water partition coefficient (Wildman–Crippen LogP) is 0.699. The van der Waals surface area contributed by atoms with Crippen molar-refractivity contribution in [2.75, 3.05) is 6.54 Å².